The lowest BCUT2D eigenvalue weighted by Gasteiger charge is -2.24. The summed E-state index contributed by atoms with van der Waals surface area (Å²) in [5, 5.41) is 9.29. The Morgan fingerprint density at radius 2 is 1.70 bits per heavy atom. The van der Waals surface area contributed by atoms with Gasteiger partial charge in [0.05, 0.1) is 37.6 Å². The van der Waals surface area contributed by atoms with Crippen LogP contribution in [-0.4, -0.2) is 44.3 Å². The summed E-state index contributed by atoms with van der Waals surface area (Å²) in [5.41, 5.74) is -0.159. The first-order valence-electron chi connectivity index (χ1n) is 7.51. The maximum Gasteiger partial charge on any atom is 0.355 e. The largest absolute Gasteiger partial charge is 0.496 e. The molecule has 0 spiro atoms. The molecule has 1 aliphatic rings. The lowest BCUT2D eigenvalue weighted by Crippen LogP contribution is -2.27. The van der Waals surface area contributed by atoms with E-state index in [9.17, 15) is 19.5 Å². The van der Waals surface area contributed by atoms with Gasteiger partial charge in [0.15, 0.2) is 0 Å². The average Bonchev–Trinajstić information content (AvgIpc) is 2.89. The minimum absolute atomic E-state index is 0.0189. The maximum absolute atomic E-state index is 12.4. The molecule has 1 aliphatic heterocycles. The number of esters is 2. The number of benzene rings is 1. The van der Waals surface area contributed by atoms with Gasteiger partial charge in [-0.2, -0.15) is 0 Å². The molecule has 0 unspecified atom stereocenters. The number of nitrogens with zero attached hydrogens (tertiary/aromatic N) is 1. The van der Waals surface area contributed by atoms with E-state index in [0.29, 0.717) is 0 Å². The maximum atomic E-state index is 12.4. The number of ether oxygens (including phenoxy) is 3. The second kappa shape index (κ2) is 8.41. The fourth-order valence-electron chi connectivity index (χ4n) is 2.41. The van der Waals surface area contributed by atoms with Crippen LogP contribution in [0.4, 0.5) is 5.69 Å². The molecule has 9 heteroatoms. The molecular weight excluding hydrogens is 378 g/mol. The van der Waals surface area contributed by atoms with E-state index < -0.39 is 17.9 Å². The zero-order valence-electron chi connectivity index (χ0n) is 14.7. The third-order valence-corrected chi connectivity index (χ3v) is 3.95. The summed E-state index contributed by atoms with van der Waals surface area (Å²) >= 11 is 6.26. The smallest absolute Gasteiger partial charge is 0.355 e. The van der Waals surface area contributed by atoms with Gasteiger partial charge in [-0.25, -0.2) is 14.4 Å². The van der Waals surface area contributed by atoms with Crippen molar-refractivity contribution in [1.29, 1.82) is 0 Å². The van der Waals surface area contributed by atoms with Gasteiger partial charge in [-0.3, -0.25) is 0 Å². The molecule has 0 saturated heterocycles. The molecule has 0 atom stereocenters. The molecule has 8 nitrogen and oxygen atoms in total. The number of rotatable bonds is 5. The van der Waals surface area contributed by atoms with Crippen molar-refractivity contribution in [3.05, 3.63) is 58.4 Å². The topological polar surface area (TPSA) is 102 Å². The molecule has 0 fully saturated rings. The van der Waals surface area contributed by atoms with Crippen LogP contribution in [0.15, 0.2) is 47.8 Å². The molecule has 0 saturated carbocycles. The Hall–Kier alpha value is -3.26. The number of carboxylic acid groups (broad SMARTS) is 1. The van der Waals surface area contributed by atoms with Crippen LogP contribution in [-0.2, 0) is 19.1 Å². The van der Waals surface area contributed by atoms with Crippen molar-refractivity contribution in [2.24, 2.45) is 0 Å². The standard InChI is InChI=1S/C18H16ClNO7/c1-25-14-9-13(12(19)8-11(14)16(21)22)20-7-5-4-6-10(17(23)26-2)15(20)18(24)27-3/h4-9H,1-3H3,(H,21,22). The molecule has 27 heavy (non-hydrogen) atoms. The third-order valence-electron chi connectivity index (χ3n) is 3.65. The van der Waals surface area contributed by atoms with E-state index >= 15 is 0 Å². The lowest BCUT2D eigenvalue weighted by atomic mass is 10.1. The van der Waals surface area contributed by atoms with Gasteiger partial charge >= 0.3 is 17.9 Å². The Morgan fingerprint density at radius 3 is 2.26 bits per heavy atom. The fraction of sp³-hybridized carbons (Fsp3) is 0.167. The van der Waals surface area contributed by atoms with Gasteiger partial charge in [-0.05, 0) is 18.2 Å². The van der Waals surface area contributed by atoms with Gasteiger partial charge in [-0.15, -0.1) is 0 Å². The van der Waals surface area contributed by atoms with Gasteiger partial charge < -0.3 is 24.2 Å². The van der Waals surface area contributed by atoms with Crippen molar-refractivity contribution in [2.75, 3.05) is 26.2 Å². The number of hydrogen-bond donors (Lipinski definition) is 1. The first-order chi connectivity index (χ1) is 12.8. The van der Waals surface area contributed by atoms with Crippen LogP contribution in [0.2, 0.25) is 5.02 Å². The van der Waals surface area contributed by atoms with Crippen LogP contribution >= 0.6 is 11.6 Å². The van der Waals surface area contributed by atoms with Gasteiger partial charge in [0.25, 0.3) is 0 Å². The molecule has 0 radical (unpaired) electrons. The number of hydrogen-bond acceptors (Lipinski definition) is 7. The van der Waals surface area contributed by atoms with E-state index in [-0.39, 0.29) is 33.3 Å². The first-order valence-corrected chi connectivity index (χ1v) is 7.89. The minimum Gasteiger partial charge on any atom is -0.496 e. The summed E-state index contributed by atoms with van der Waals surface area (Å²) < 4.78 is 14.6. The molecule has 0 aromatic heterocycles. The van der Waals surface area contributed by atoms with E-state index in [1.807, 2.05) is 0 Å². The number of anilines is 1. The monoisotopic (exact) mass is 393 g/mol. The number of carbonyl (C=O) groups is 3. The van der Waals surface area contributed by atoms with Crippen LogP contribution < -0.4 is 9.64 Å². The average molecular weight is 394 g/mol. The number of halogens is 1. The highest BCUT2D eigenvalue weighted by molar-refractivity contribution is 6.34. The van der Waals surface area contributed by atoms with Crippen LogP contribution in [0, 0.1) is 0 Å². The summed E-state index contributed by atoms with van der Waals surface area (Å²) in [6.07, 6.45) is 5.96. The second-order valence-corrected chi connectivity index (χ2v) is 5.53. The Balaban J connectivity index is 2.76. The fourth-order valence-corrected chi connectivity index (χ4v) is 2.67. The quantitative estimate of drug-likeness (QED) is 0.761. The number of carboxylic acids is 1. The first kappa shape index (κ1) is 20.1. The molecule has 0 bridgehead atoms. The van der Waals surface area contributed by atoms with Crippen molar-refractivity contribution in [3.8, 4) is 5.75 Å². The van der Waals surface area contributed by atoms with E-state index in [1.165, 1.54) is 49.6 Å². The Kier molecular flexibility index (Phi) is 6.25. The predicted octanol–water partition coefficient (Wildman–Crippen LogP) is 2.54. The predicted molar refractivity (Wildman–Crippen MR) is 96.8 cm³/mol. The molecule has 142 valence electrons. The third kappa shape index (κ3) is 3.95. The summed E-state index contributed by atoms with van der Waals surface area (Å²) in [6.45, 7) is 0. The molecule has 1 heterocycles. The van der Waals surface area contributed by atoms with Crippen molar-refractivity contribution in [3.63, 3.8) is 0 Å². The Morgan fingerprint density at radius 1 is 1.04 bits per heavy atom. The van der Waals surface area contributed by atoms with Gasteiger partial charge in [0.1, 0.15) is 17.0 Å². The Bertz CT molecular complexity index is 886. The molecule has 1 N–H and O–H groups in total. The molecule has 2 rings (SSSR count). The molecule has 0 amide bonds. The normalized spacial score (nSPS) is 13.3. The van der Waals surface area contributed by atoms with Gasteiger partial charge in [0, 0.05) is 12.3 Å². The van der Waals surface area contributed by atoms with E-state index in [4.69, 9.17) is 25.8 Å². The highest BCUT2D eigenvalue weighted by Gasteiger charge is 2.29. The van der Waals surface area contributed by atoms with Gasteiger partial charge in [0.2, 0.25) is 0 Å². The van der Waals surface area contributed by atoms with Crippen molar-refractivity contribution >= 4 is 35.2 Å². The molecule has 1 aromatic carbocycles. The molecule has 1 aromatic rings. The highest BCUT2D eigenvalue weighted by atomic mass is 35.5. The summed E-state index contributed by atoms with van der Waals surface area (Å²) in [4.78, 5) is 37.2. The summed E-state index contributed by atoms with van der Waals surface area (Å²) in [5.74, 6) is -2.78. The SMILES string of the molecule is COC(=O)C1=C(C(=O)OC)N(c2cc(OC)c(C(=O)O)cc2Cl)C=CC=C1. The lowest BCUT2D eigenvalue weighted by molar-refractivity contribution is -0.139. The Labute approximate surface area is 159 Å². The number of aromatic carboxylic acids is 1. The van der Waals surface area contributed by atoms with Gasteiger partial charge in [-0.1, -0.05) is 17.7 Å². The highest BCUT2D eigenvalue weighted by Crippen LogP contribution is 2.37. The van der Waals surface area contributed by atoms with Crippen LogP contribution in [0.1, 0.15) is 10.4 Å². The second-order valence-electron chi connectivity index (χ2n) is 5.13. The zero-order chi connectivity index (χ0) is 20.1. The minimum atomic E-state index is -1.23. The summed E-state index contributed by atoms with van der Waals surface area (Å²) in [7, 11) is 3.64. The van der Waals surface area contributed by atoms with Crippen molar-refractivity contribution in [1.82, 2.24) is 0 Å². The number of allylic oxidation sites excluding steroid dienone is 2. The number of carbonyl (C=O) groups excluding carboxylic acids is 2. The number of methoxy groups -OCH3 is 3. The van der Waals surface area contributed by atoms with Crippen LogP contribution in [0.25, 0.3) is 0 Å². The van der Waals surface area contributed by atoms with E-state index in [1.54, 1.807) is 6.08 Å². The van der Waals surface area contributed by atoms with E-state index in [0.717, 1.165) is 7.11 Å². The van der Waals surface area contributed by atoms with Crippen molar-refractivity contribution < 1.29 is 33.7 Å². The summed E-state index contributed by atoms with van der Waals surface area (Å²) in [6, 6.07) is 2.54. The molecule has 0 aliphatic carbocycles. The van der Waals surface area contributed by atoms with Crippen LogP contribution in [0.5, 0.6) is 5.75 Å². The zero-order valence-corrected chi connectivity index (χ0v) is 15.4. The van der Waals surface area contributed by atoms with Crippen LogP contribution in [0.3, 0.4) is 0 Å². The van der Waals surface area contributed by atoms with E-state index in [2.05, 4.69) is 0 Å². The molecular formula is C18H16ClNO7. The van der Waals surface area contributed by atoms with Crippen molar-refractivity contribution in [2.45, 2.75) is 0 Å².